The van der Waals surface area contributed by atoms with E-state index in [0.29, 0.717) is 10.0 Å². The zero-order chi connectivity index (χ0) is 15.0. The molecule has 0 aliphatic carbocycles. The first-order chi connectivity index (χ1) is 10.1. The fraction of sp³-hybridized carbons (Fsp3) is 0.176. The lowest BCUT2D eigenvalue weighted by atomic mass is 10.1. The molecule has 3 rings (SSSR count). The van der Waals surface area contributed by atoms with Crippen LogP contribution in [0.5, 0.6) is 0 Å². The molecule has 0 unspecified atom stereocenters. The molecule has 0 spiro atoms. The van der Waals surface area contributed by atoms with Crippen LogP contribution in [0.3, 0.4) is 0 Å². The fourth-order valence-electron chi connectivity index (χ4n) is 2.73. The van der Waals surface area contributed by atoms with Gasteiger partial charge in [-0.2, -0.15) is 0 Å². The number of aromatic nitrogens is 1. The van der Waals surface area contributed by atoms with Crippen LogP contribution in [0.2, 0.25) is 10.0 Å². The van der Waals surface area contributed by atoms with Gasteiger partial charge in [-0.15, -0.1) is 0 Å². The van der Waals surface area contributed by atoms with Crippen LogP contribution in [0.25, 0.3) is 10.9 Å². The van der Waals surface area contributed by atoms with Crippen molar-refractivity contribution in [2.45, 2.75) is 13.5 Å². The minimum Gasteiger partial charge on any atom is -0.379 e. The Morgan fingerprint density at radius 2 is 1.71 bits per heavy atom. The lowest BCUT2D eigenvalue weighted by Gasteiger charge is -2.10. The van der Waals surface area contributed by atoms with Gasteiger partial charge in [-0.25, -0.2) is 0 Å². The molecule has 0 aliphatic heterocycles. The van der Waals surface area contributed by atoms with E-state index in [4.69, 9.17) is 23.2 Å². The molecule has 3 aromatic rings. The zero-order valence-electron chi connectivity index (χ0n) is 12.0. The normalized spacial score (nSPS) is 11.0. The third kappa shape index (κ3) is 2.74. The van der Waals surface area contributed by atoms with Crippen molar-refractivity contribution in [1.29, 1.82) is 0 Å². The predicted molar refractivity (Wildman–Crippen MR) is 91.4 cm³/mol. The highest BCUT2D eigenvalue weighted by Gasteiger charge is 2.10. The van der Waals surface area contributed by atoms with E-state index in [1.54, 1.807) is 6.07 Å². The summed E-state index contributed by atoms with van der Waals surface area (Å²) >= 11 is 12.1. The number of nitrogens with one attached hydrogen (secondary N) is 1. The number of fused-ring (bicyclic) bond motifs is 1. The molecule has 2 nitrogen and oxygen atoms in total. The zero-order valence-corrected chi connectivity index (χ0v) is 13.5. The van der Waals surface area contributed by atoms with Gasteiger partial charge in [0.25, 0.3) is 0 Å². The Kier molecular flexibility index (Phi) is 3.83. The average molecular weight is 319 g/mol. The fourth-order valence-corrected chi connectivity index (χ4v) is 3.25. The van der Waals surface area contributed by atoms with E-state index >= 15 is 0 Å². The molecule has 0 aliphatic rings. The average Bonchev–Trinajstić information content (AvgIpc) is 2.69. The molecule has 1 heterocycles. The van der Waals surface area contributed by atoms with Crippen LogP contribution < -0.4 is 5.32 Å². The Morgan fingerprint density at radius 3 is 2.38 bits per heavy atom. The maximum Gasteiger partial charge on any atom is 0.0556 e. The molecular formula is C17H16Cl2N2. The van der Waals surface area contributed by atoms with Gasteiger partial charge in [-0.05, 0) is 36.8 Å². The van der Waals surface area contributed by atoms with Gasteiger partial charge >= 0.3 is 0 Å². The second kappa shape index (κ2) is 5.63. The lowest BCUT2D eigenvalue weighted by Crippen LogP contribution is -2.05. The molecule has 108 valence electrons. The van der Waals surface area contributed by atoms with Crippen LogP contribution in [0, 0.1) is 6.92 Å². The van der Waals surface area contributed by atoms with Crippen LogP contribution in [-0.4, -0.2) is 4.57 Å². The number of aryl methyl sites for hydroxylation is 2. The lowest BCUT2D eigenvalue weighted by molar-refractivity contribution is 0.862. The van der Waals surface area contributed by atoms with Crippen molar-refractivity contribution in [1.82, 2.24) is 4.57 Å². The van der Waals surface area contributed by atoms with Crippen molar-refractivity contribution in [2.24, 2.45) is 7.05 Å². The summed E-state index contributed by atoms with van der Waals surface area (Å²) in [5.74, 6) is 0. The van der Waals surface area contributed by atoms with Crippen molar-refractivity contribution < 1.29 is 0 Å². The van der Waals surface area contributed by atoms with Crippen LogP contribution in [0.15, 0.2) is 42.5 Å². The molecule has 0 bridgehead atoms. The van der Waals surface area contributed by atoms with E-state index in [0.717, 1.165) is 12.2 Å². The summed E-state index contributed by atoms with van der Waals surface area (Å²) in [6.45, 7) is 2.89. The molecule has 0 saturated heterocycles. The number of para-hydroxylation sites is 1. The number of hydrogen-bond acceptors (Lipinski definition) is 1. The van der Waals surface area contributed by atoms with Crippen LogP contribution in [0.1, 0.15) is 11.3 Å². The number of rotatable bonds is 3. The second-order valence-corrected chi connectivity index (χ2v) is 6.03. The summed E-state index contributed by atoms with van der Waals surface area (Å²) in [6.07, 6.45) is 0. The predicted octanol–water partition coefficient (Wildman–Crippen LogP) is 5.41. The molecule has 21 heavy (non-hydrogen) atoms. The Hall–Kier alpha value is -1.64. The molecule has 0 radical (unpaired) electrons. The van der Waals surface area contributed by atoms with Crippen molar-refractivity contribution in [2.75, 3.05) is 5.32 Å². The van der Waals surface area contributed by atoms with Crippen molar-refractivity contribution in [3.05, 3.63) is 63.8 Å². The van der Waals surface area contributed by atoms with Gasteiger partial charge in [0, 0.05) is 39.4 Å². The largest absolute Gasteiger partial charge is 0.379 e. The van der Waals surface area contributed by atoms with Gasteiger partial charge in [-0.3, -0.25) is 0 Å². The van der Waals surface area contributed by atoms with Gasteiger partial charge in [0.15, 0.2) is 0 Å². The highest BCUT2D eigenvalue weighted by Crippen LogP contribution is 2.26. The number of halogens is 2. The molecule has 4 heteroatoms. The number of anilines is 1. The summed E-state index contributed by atoms with van der Waals surface area (Å²) in [6, 6.07) is 13.9. The smallest absolute Gasteiger partial charge is 0.0556 e. The maximum atomic E-state index is 6.03. The topological polar surface area (TPSA) is 17.0 Å². The van der Waals surface area contributed by atoms with E-state index in [1.807, 2.05) is 12.1 Å². The van der Waals surface area contributed by atoms with Crippen LogP contribution in [-0.2, 0) is 13.6 Å². The molecule has 0 amide bonds. The maximum absolute atomic E-state index is 6.03. The molecule has 0 fully saturated rings. The highest BCUT2D eigenvalue weighted by atomic mass is 35.5. The van der Waals surface area contributed by atoms with Crippen molar-refractivity contribution >= 4 is 39.8 Å². The second-order valence-electron chi connectivity index (χ2n) is 5.16. The van der Waals surface area contributed by atoms with Gasteiger partial charge in [0.05, 0.1) is 6.54 Å². The molecule has 1 aromatic heterocycles. The first kappa shape index (κ1) is 14.3. The quantitative estimate of drug-likeness (QED) is 0.683. The summed E-state index contributed by atoms with van der Waals surface area (Å²) in [4.78, 5) is 0. The van der Waals surface area contributed by atoms with E-state index in [-0.39, 0.29) is 0 Å². The van der Waals surface area contributed by atoms with E-state index < -0.39 is 0 Å². The first-order valence-electron chi connectivity index (χ1n) is 6.79. The third-order valence-electron chi connectivity index (χ3n) is 3.83. The minimum atomic E-state index is 0.638. The molecule has 1 N–H and O–H groups in total. The number of nitrogens with zero attached hydrogens (tertiary/aromatic N) is 1. The van der Waals surface area contributed by atoms with Gasteiger partial charge in [-0.1, -0.05) is 41.4 Å². The minimum absolute atomic E-state index is 0.638. The molecular weight excluding hydrogens is 303 g/mol. The molecule has 0 atom stereocenters. The summed E-state index contributed by atoms with van der Waals surface area (Å²) in [7, 11) is 2.09. The monoisotopic (exact) mass is 318 g/mol. The van der Waals surface area contributed by atoms with Crippen molar-refractivity contribution in [3.8, 4) is 0 Å². The SMILES string of the molecule is Cc1c(CNc2cc(Cl)cc(Cl)c2)n(C)c2ccccc12. The first-order valence-corrected chi connectivity index (χ1v) is 7.54. The Balaban J connectivity index is 1.92. The van der Waals surface area contributed by atoms with E-state index in [1.165, 1.54) is 22.2 Å². The Labute approximate surface area is 134 Å². The Morgan fingerprint density at radius 1 is 1.05 bits per heavy atom. The summed E-state index contributed by atoms with van der Waals surface area (Å²) < 4.78 is 2.23. The molecule has 2 aromatic carbocycles. The Bertz CT molecular complexity index is 747. The summed E-state index contributed by atoms with van der Waals surface area (Å²) in [5.41, 5.74) is 4.73. The number of benzene rings is 2. The molecule has 0 saturated carbocycles. The van der Waals surface area contributed by atoms with Crippen molar-refractivity contribution in [3.63, 3.8) is 0 Å². The van der Waals surface area contributed by atoms with Gasteiger partial charge in [0.1, 0.15) is 0 Å². The standard InChI is InChI=1S/C17H16Cl2N2/c1-11-15-5-3-4-6-16(15)21(2)17(11)10-20-14-8-12(18)7-13(19)9-14/h3-9,20H,10H2,1-2H3. The van der Waals surface area contributed by atoms with Crippen LogP contribution >= 0.6 is 23.2 Å². The van der Waals surface area contributed by atoms with Gasteiger partial charge in [0.2, 0.25) is 0 Å². The third-order valence-corrected chi connectivity index (χ3v) is 4.27. The van der Waals surface area contributed by atoms with E-state index in [9.17, 15) is 0 Å². The summed E-state index contributed by atoms with van der Waals surface area (Å²) in [5, 5.41) is 5.96. The number of hydrogen-bond donors (Lipinski definition) is 1. The van der Waals surface area contributed by atoms with Crippen LogP contribution in [0.4, 0.5) is 5.69 Å². The van der Waals surface area contributed by atoms with Gasteiger partial charge < -0.3 is 9.88 Å². The van der Waals surface area contributed by atoms with E-state index in [2.05, 4.69) is 48.1 Å². The highest BCUT2D eigenvalue weighted by molar-refractivity contribution is 6.35.